The number of piperazine rings is 1. The predicted octanol–water partition coefficient (Wildman–Crippen LogP) is 2.97. The topological polar surface area (TPSA) is 73.5 Å². The van der Waals surface area contributed by atoms with Crippen molar-refractivity contribution >= 4 is 38.4 Å². The number of hydrogen-bond donors (Lipinski definition) is 1. The highest BCUT2D eigenvalue weighted by Gasteiger charge is 2.32. The molecule has 1 aliphatic heterocycles. The van der Waals surface area contributed by atoms with Crippen molar-refractivity contribution in [2.45, 2.75) is 4.90 Å². The molecule has 1 amide bonds. The molecule has 0 radical (unpaired) electrons. The summed E-state index contributed by atoms with van der Waals surface area (Å²) in [6.07, 6.45) is 1.71. The van der Waals surface area contributed by atoms with Crippen LogP contribution in [0.4, 0.5) is 0 Å². The highest BCUT2D eigenvalue weighted by molar-refractivity contribution is 7.89. The first-order valence-corrected chi connectivity index (χ1v) is 10.4. The lowest BCUT2D eigenvalue weighted by atomic mass is 10.1. The van der Waals surface area contributed by atoms with Gasteiger partial charge >= 0.3 is 0 Å². The van der Waals surface area contributed by atoms with Crippen molar-refractivity contribution in [1.82, 2.24) is 14.2 Å². The van der Waals surface area contributed by atoms with Crippen LogP contribution in [-0.2, 0) is 10.0 Å². The number of aromatic nitrogens is 1. The Morgan fingerprint density at radius 2 is 1.63 bits per heavy atom. The Labute approximate surface area is 162 Å². The van der Waals surface area contributed by atoms with Gasteiger partial charge in [-0.1, -0.05) is 41.9 Å². The lowest BCUT2D eigenvalue weighted by Gasteiger charge is -2.34. The number of halogens is 1. The van der Waals surface area contributed by atoms with Gasteiger partial charge in [-0.3, -0.25) is 4.79 Å². The number of rotatable bonds is 3. The minimum atomic E-state index is -3.67. The van der Waals surface area contributed by atoms with Gasteiger partial charge in [-0.25, -0.2) is 8.42 Å². The van der Waals surface area contributed by atoms with Gasteiger partial charge in [0, 0.05) is 43.3 Å². The molecular formula is C19H18ClN3O3S. The molecule has 2 heterocycles. The Hall–Kier alpha value is -2.35. The molecule has 0 saturated carbocycles. The maximum Gasteiger partial charge on any atom is 0.256 e. The number of fused-ring (bicyclic) bond motifs is 1. The van der Waals surface area contributed by atoms with Crippen LogP contribution in [0.3, 0.4) is 0 Å². The third-order valence-electron chi connectivity index (χ3n) is 4.80. The largest absolute Gasteiger partial charge is 0.360 e. The van der Waals surface area contributed by atoms with Crippen LogP contribution in [0.2, 0.25) is 5.02 Å². The molecule has 140 valence electrons. The van der Waals surface area contributed by atoms with Crippen molar-refractivity contribution in [1.29, 1.82) is 0 Å². The fourth-order valence-electron chi connectivity index (χ4n) is 3.34. The molecule has 6 nitrogen and oxygen atoms in total. The summed E-state index contributed by atoms with van der Waals surface area (Å²) in [5, 5.41) is 1.07. The van der Waals surface area contributed by atoms with Gasteiger partial charge in [-0.2, -0.15) is 4.31 Å². The number of nitrogens with zero attached hydrogens (tertiary/aromatic N) is 2. The number of amides is 1. The summed E-state index contributed by atoms with van der Waals surface area (Å²) in [6.45, 7) is 1.15. The maximum absolute atomic E-state index is 12.9. The van der Waals surface area contributed by atoms with Gasteiger partial charge in [-0.15, -0.1) is 0 Å². The molecule has 4 rings (SSSR count). The van der Waals surface area contributed by atoms with Gasteiger partial charge < -0.3 is 9.88 Å². The fraction of sp³-hybridized carbons (Fsp3) is 0.211. The molecule has 3 aromatic rings. The fourth-order valence-corrected chi connectivity index (χ4v) is 5.26. The van der Waals surface area contributed by atoms with Gasteiger partial charge in [0.25, 0.3) is 5.91 Å². The molecule has 8 heteroatoms. The van der Waals surface area contributed by atoms with Crippen LogP contribution in [0.5, 0.6) is 0 Å². The summed E-state index contributed by atoms with van der Waals surface area (Å²) in [4.78, 5) is 17.8. The number of hydrogen-bond acceptors (Lipinski definition) is 3. The second kappa shape index (κ2) is 6.99. The molecule has 0 unspecified atom stereocenters. The van der Waals surface area contributed by atoms with Gasteiger partial charge in [0.15, 0.2) is 0 Å². The molecule has 1 aromatic heterocycles. The zero-order chi connectivity index (χ0) is 19.0. The number of para-hydroxylation sites is 1. The third kappa shape index (κ3) is 3.22. The Kier molecular flexibility index (Phi) is 4.67. The zero-order valence-corrected chi connectivity index (χ0v) is 16.0. The van der Waals surface area contributed by atoms with Crippen molar-refractivity contribution in [3.05, 3.63) is 65.3 Å². The Balaban J connectivity index is 1.51. The van der Waals surface area contributed by atoms with Gasteiger partial charge in [0.2, 0.25) is 10.0 Å². The zero-order valence-electron chi connectivity index (χ0n) is 14.4. The molecule has 1 N–H and O–H groups in total. The number of H-pyrrole nitrogens is 1. The van der Waals surface area contributed by atoms with E-state index >= 15 is 0 Å². The minimum Gasteiger partial charge on any atom is -0.360 e. The highest BCUT2D eigenvalue weighted by Crippen LogP contribution is 2.26. The number of aromatic amines is 1. The maximum atomic E-state index is 12.9. The van der Waals surface area contributed by atoms with Crippen LogP contribution < -0.4 is 0 Å². The number of carbonyl (C=O) groups excluding carboxylic acids is 1. The lowest BCUT2D eigenvalue weighted by Crippen LogP contribution is -2.50. The van der Waals surface area contributed by atoms with Crippen LogP contribution in [-0.4, -0.2) is 54.7 Å². The van der Waals surface area contributed by atoms with E-state index in [1.165, 1.54) is 10.4 Å². The second-order valence-corrected chi connectivity index (χ2v) is 8.69. The number of nitrogens with one attached hydrogen (secondary N) is 1. The quantitative estimate of drug-likeness (QED) is 0.730. The van der Waals surface area contributed by atoms with Gasteiger partial charge in [-0.05, 0) is 18.2 Å². The molecule has 1 saturated heterocycles. The van der Waals surface area contributed by atoms with E-state index in [1.807, 2.05) is 24.3 Å². The highest BCUT2D eigenvalue weighted by atomic mass is 35.5. The second-order valence-electron chi connectivity index (χ2n) is 6.37. The van der Waals surface area contributed by atoms with E-state index in [4.69, 9.17) is 11.6 Å². The summed E-state index contributed by atoms with van der Waals surface area (Å²) >= 11 is 6.06. The molecule has 0 bridgehead atoms. The van der Waals surface area contributed by atoms with Crippen LogP contribution in [0.25, 0.3) is 10.9 Å². The summed E-state index contributed by atoms with van der Waals surface area (Å²) in [5.74, 6) is -0.0951. The Morgan fingerprint density at radius 3 is 2.37 bits per heavy atom. The first kappa shape index (κ1) is 18.0. The molecule has 0 spiro atoms. The van der Waals surface area contributed by atoms with Crippen LogP contribution >= 0.6 is 11.6 Å². The number of sulfonamides is 1. The SMILES string of the molecule is O=C(c1c[nH]c2ccccc12)N1CCN(S(=O)(=O)c2ccccc2Cl)CC1. The molecular weight excluding hydrogens is 386 g/mol. The summed E-state index contributed by atoms with van der Waals surface area (Å²) in [7, 11) is -3.67. The molecule has 1 fully saturated rings. The van der Waals surface area contributed by atoms with Crippen LogP contribution in [0.1, 0.15) is 10.4 Å². The van der Waals surface area contributed by atoms with Crippen LogP contribution in [0, 0.1) is 0 Å². The van der Waals surface area contributed by atoms with Gasteiger partial charge in [0.1, 0.15) is 4.90 Å². The Bertz CT molecular complexity index is 1100. The van der Waals surface area contributed by atoms with E-state index in [0.717, 1.165) is 10.9 Å². The van der Waals surface area contributed by atoms with Crippen molar-refractivity contribution in [3.63, 3.8) is 0 Å². The Morgan fingerprint density at radius 1 is 0.963 bits per heavy atom. The summed E-state index contributed by atoms with van der Waals surface area (Å²) in [5.41, 5.74) is 1.51. The van der Waals surface area contributed by atoms with E-state index in [2.05, 4.69) is 4.98 Å². The summed E-state index contributed by atoms with van der Waals surface area (Å²) < 4.78 is 27.0. The standard InChI is InChI=1S/C19H18ClN3O3S/c20-16-6-2-4-8-18(16)27(25,26)23-11-9-22(10-12-23)19(24)15-13-21-17-7-3-1-5-14(15)17/h1-8,13,21H,9-12H2. The molecule has 1 aliphatic rings. The third-order valence-corrected chi connectivity index (χ3v) is 7.20. The average molecular weight is 404 g/mol. The van der Waals surface area contributed by atoms with Crippen LogP contribution in [0.15, 0.2) is 59.6 Å². The lowest BCUT2D eigenvalue weighted by molar-refractivity contribution is 0.0700. The smallest absolute Gasteiger partial charge is 0.256 e. The van der Waals surface area contributed by atoms with Crippen molar-refractivity contribution in [3.8, 4) is 0 Å². The van der Waals surface area contributed by atoms with E-state index in [-0.39, 0.29) is 28.9 Å². The first-order valence-electron chi connectivity index (χ1n) is 8.58. The normalized spacial score (nSPS) is 16.0. The summed E-state index contributed by atoms with van der Waals surface area (Å²) in [6, 6.07) is 14.0. The van der Waals surface area contributed by atoms with E-state index in [0.29, 0.717) is 18.7 Å². The predicted molar refractivity (Wildman–Crippen MR) is 104 cm³/mol. The van der Waals surface area contributed by atoms with E-state index in [1.54, 1.807) is 29.3 Å². The van der Waals surface area contributed by atoms with Crippen molar-refractivity contribution in [2.24, 2.45) is 0 Å². The van der Waals surface area contributed by atoms with Crippen molar-refractivity contribution in [2.75, 3.05) is 26.2 Å². The van der Waals surface area contributed by atoms with E-state index < -0.39 is 10.0 Å². The molecule has 27 heavy (non-hydrogen) atoms. The number of carbonyl (C=O) groups is 1. The van der Waals surface area contributed by atoms with Crippen molar-refractivity contribution < 1.29 is 13.2 Å². The molecule has 0 atom stereocenters. The van der Waals surface area contributed by atoms with E-state index in [9.17, 15) is 13.2 Å². The molecule has 2 aromatic carbocycles. The van der Waals surface area contributed by atoms with Gasteiger partial charge in [0.05, 0.1) is 10.6 Å². The number of benzene rings is 2. The monoisotopic (exact) mass is 403 g/mol. The average Bonchev–Trinajstić information content (AvgIpc) is 3.12. The minimum absolute atomic E-state index is 0.0951. The molecule has 0 aliphatic carbocycles. The first-order chi connectivity index (χ1) is 13.0.